The van der Waals surface area contributed by atoms with Crippen molar-refractivity contribution in [1.82, 2.24) is 19.7 Å². The van der Waals surface area contributed by atoms with Crippen molar-refractivity contribution >= 4 is 26.0 Å². The van der Waals surface area contributed by atoms with Crippen LogP contribution in [0.4, 0.5) is 0 Å². The molecule has 1 aromatic carbocycles. The predicted molar refractivity (Wildman–Crippen MR) is 75.9 cm³/mol. The SMILES string of the molecule is COc1ccc(Br)cc1S(=O)(=O)NCCn1ccnn1. The molecule has 7 nitrogen and oxygen atoms in total. The first kappa shape index (κ1) is 14.9. The Hall–Kier alpha value is -1.45. The van der Waals surface area contributed by atoms with Gasteiger partial charge in [-0.25, -0.2) is 13.1 Å². The van der Waals surface area contributed by atoms with Gasteiger partial charge in [0.15, 0.2) is 0 Å². The lowest BCUT2D eigenvalue weighted by molar-refractivity contribution is 0.402. The van der Waals surface area contributed by atoms with Crippen LogP contribution in [0, 0.1) is 0 Å². The molecule has 0 atom stereocenters. The van der Waals surface area contributed by atoms with Gasteiger partial charge in [0.25, 0.3) is 0 Å². The van der Waals surface area contributed by atoms with Crippen LogP contribution in [0.3, 0.4) is 0 Å². The number of aromatic nitrogens is 3. The van der Waals surface area contributed by atoms with Crippen molar-refractivity contribution in [2.75, 3.05) is 13.7 Å². The maximum Gasteiger partial charge on any atom is 0.244 e. The molecule has 20 heavy (non-hydrogen) atoms. The Labute approximate surface area is 125 Å². The van der Waals surface area contributed by atoms with Crippen molar-refractivity contribution in [3.8, 4) is 5.75 Å². The van der Waals surface area contributed by atoms with E-state index in [1.54, 1.807) is 23.0 Å². The second-order valence-electron chi connectivity index (χ2n) is 3.86. The first-order valence-corrected chi connectivity index (χ1v) is 7.98. The van der Waals surface area contributed by atoms with E-state index < -0.39 is 10.0 Å². The molecule has 0 aliphatic rings. The molecule has 1 heterocycles. The van der Waals surface area contributed by atoms with Crippen molar-refractivity contribution in [3.63, 3.8) is 0 Å². The van der Waals surface area contributed by atoms with Crippen molar-refractivity contribution in [1.29, 1.82) is 0 Å². The Bertz CT molecular complexity index is 673. The lowest BCUT2D eigenvalue weighted by atomic mass is 10.3. The average molecular weight is 361 g/mol. The number of hydrogen-bond donors (Lipinski definition) is 1. The van der Waals surface area contributed by atoms with Gasteiger partial charge >= 0.3 is 0 Å². The maximum atomic E-state index is 12.2. The lowest BCUT2D eigenvalue weighted by Crippen LogP contribution is -2.28. The van der Waals surface area contributed by atoms with E-state index in [0.717, 1.165) is 0 Å². The van der Waals surface area contributed by atoms with Gasteiger partial charge in [-0.3, -0.25) is 4.68 Å². The Morgan fingerprint density at radius 3 is 2.90 bits per heavy atom. The normalized spacial score (nSPS) is 11.5. The van der Waals surface area contributed by atoms with E-state index in [-0.39, 0.29) is 11.4 Å². The van der Waals surface area contributed by atoms with Gasteiger partial charge in [-0.1, -0.05) is 21.1 Å². The number of nitrogens with zero attached hydrogens (tertiary/aromatic N) is 3. The van der Waals surface area contributed by atoms with Crippen molar-refractivity contribution in [3.05, 3.63) is 35.1 Å². The highest BCUT2D eigenvalue weighted by Crippen LogP contribution is 2.26. The summed E-state index contributed by atoms with van der Waals surface area (Å²) in [5, 5.41) is 7.40. The van der Waals surface area contributed by atoms with Gasteiger partial charge in [0.1, 0.15) is 10.6 Å². The van der Waals surface area contributed by atoms with Gasteiger partial charge in [-0.05, 0) is 18.2 Å². The number of nitrogens with one attached hydrogen (secondary N) is 1. The average Bonchev–Trinajstić information content (AvgIpc) is 2.91. The van der Waals surface area contributed by atoms with Gasteiger partial charge in [-0.2, -0.15) is 0 Å². The molecule has 0 aliphatic heterocycles. The molecule has 2 rings (SSSR count). The van der Waals surface area contributed by atoms with Crippen LogP contribution in [0.15, 0.2) is 40.0 Å². The first-order chi connectivity index (χ1) is 9.53. The molecule has 1 aromatic heterocycles. The molecular formula is C11H13BrN4O3S. The van der Waals surface area contributed by atoms with Crippen LogP contribution in [0.2, 0.25) is 0 Å². The Morgan fingerprint density at radius 2 is 2.25 bits per heavy atom. The summed E-state index contributed by atoms with van der Waals surface area (Å²) in [6, 6.07) is 4.81. The van der Waals surface area contributed by atoms with Gasteiger partial charge in [-0.15, -0.1) is 5.10 Å². The van der Waals surface area contributed by atoms with Gasteiger partial charge < -0.3 is 4.74 Å². The highest BCUT2D eigenvalue weighted by atomic mass is 79.9. The van der Waals surface area contributed by atoms with Crippen LogP contribution in [0.5, 0.6) is 5.75 Å². The number of benzene rings is 1. The molecule has 0 fully saturated rings. The van der Waals surface area contributed by atoms with Crippen LogP contribution >= 0.6 is 15.9 Å². The summed E-state index contributed by atoms with van der Waals surface area (Å²) < 4.78 is 34.2. The van der Waals surface area contributed by atoms with E-state index in [2.05, 4.69) is 31.0 Å². The van der Waals surface area contributed by atoms with E-state index >= 15 is 0 Å². The summed E-state index contributed by atoms with van der Waals surface area (Å²) in [6.07, 6.45) is 3.19. The minimum Gasteiger partial charge on any atom is -0.495 e. The zero-order chi connectivity index (χ0) is 14.6. The topological polar surface area (TPSA) is 86.1 Å². The van der Waals surface area contributed by atoms with E-state index in [1.165, 1.54) is 19.4 Å². The molecule has 0 amide bonds. The predicted octanol–water partition coefficient (Wildman–Crippen LogP) is 1.03. The molecule has 0 radical (unpaired) electrons. The second-order valence-corrected chi connectivity index (χ2v) is 6.51. The fraction of sp³-hybridized carbons (Fsp3) is 0.273. The molecule has 0 spiro atoms. The third-order valence-electron chi connectivity index (χ3n) is 2.52. The van der Waals surface area contributed by atoms with Crippen LogP contribution in [0.1, 0.15) is 0 Å². The van der Waals surface area contributed by atoms with E-state index in [4.69, 9.17) is 4.74 Å². The monoisotopic (exact) mass is 360 g/mol. The molecule has 2 aromatic rings. The summed E-state index contributed by atoms with van der Waals surface area (Å²) in [7, 11) is -2.22. The van der Waals surface area contributed by atoms with Crippen molar-refractivity contribution in [2.45, 2.75) is 11.4 Å². The van der Waals surface area contributed by atoms with Crippen LogP contribution in [0.25, 0.3) is 0 Å². The zero-order valence-corrected chi connectivity index (χ0v) is 13.1. The van der Waals surface area contributed by atoms with Gasteiger partial charge in [0.05, 0.1) is 19.9 Å². The smallest absolute Gasteiger partial charge is 0.244 e. The molecule has 9 heteroatoms. The highest BCUT2D eigenvalue weighted by molar-refractivity contribution is 9.10. The van der Waals surface area contributed by atoms with E-state index in [1.807, 2.05) is 0 Å². The summed E-state index contributed by atoms with van der Waals surface area (Å²) >= 11 is 3.25. The van der Waals surface area contributed by atoms with Crippen molar-refractivity contribution in [2.24, 2.45) is 0 Å². The first-order valence-electron chi connectivity index (χ1n) is 5.70. The quantitative estimate of drug-likeness (QED) is 0.831. The molecular weight excluding hydrogens is 348 g/mol. The summed E-state index contributed by atoms with van der Waals surface area (Å²) in [5.41, 5.74) is 0. The van der Waals surface area contributed by atoms with E-state index in [9.17, 15) is 8.42 Å². The Kier molecular flexibility index (Phi) is 4.73. The number of ether oxygens (including phenoxy) is 1. The largest absolute Gasteiger partial charge is 0.495 e. The molecule has 0 unspecified atom stereocenters. The molecule has 0 saturated carbocycles. The molecule has 0 aliphatic carbocycles. The maximum absolute atomic E-state index is 12.2. The minimum atomic E-state index is -3.65. The van der Waals surface area contributed by atoms with Gasteiger partial charge in [0, 0.05) is 17.2 Å². The highest BCUT2D eigenvalue weighted by Gasteiger charge is 2.19. The Morgan fingerprint density at radius 1 is 1.45 bits per heavy atom. The van der Waals surface area contributed by atoms with Crippen LogP contribution < -0.4 is 9.46 Å². The standard InChI is InChI=1S/C11H13BrN4O3S/c1-19-10-3-2-9(12)8-11(10)20(17,18)14-5-7-16-6-4-13-15-16/h2-4,6,8,14H,5,7H2,1H3. The lowest BCUT2D eigenvalue weighted by Gasteiger charge is -2.11. The number of sulfonamides is 1. The molecule has 0 saturated heterocycles. The fourth-order valence-corrected chi connectivity index (χ4v) is 3.31. The zero-order valence-electron chi connectivity index (χ0n) is 10.7. The molecule has 0 bridgehead atoms. The number of rotatable bonds is 6. The molecule has 1 N–H and O–H groups in total. The molecule has 108 valence electrons. The Balaban J connectivity index is 2.11. The number of hydrogen-bond acceptors (Lipinski definition) is 5. The van der Waals surface area contributed by atoms with Crippen molar-refractivity contribution < 1.29 is 13.2 Å². The fourth-order valence-electron chi connectivity index (χ4n) is 1.58. The summed E-state index contributed by atoms with van der Waals surface area (Å²) in [5.74, 6) is 0.293. The summed E-state index contributed by atoms with van der Waals surface area (Å²) in [4.78, 5) is 0.0907. The van der Waals surface area contributed by atoms with Crippen LogP contribution in [-0.4, -0.2) is 37.1 Å². The minimum absolute atomic E-state index is 0.0907. The number of halogens is 1. The second kappa shape index (κ2) is 6.33. The summed E-state index contributed by atoms with van der Waals surface area (Å²) in [6.45, 7) is 0.608. The number of methoxy groups -OCH3 is 1. The van der Waals surface area contributed by atoms with E-state index in [0.29, 0.717) is 16.8 Å². The third kappa shape index (κ3) is 3.56. The third-order valence-corrected chi connectivity index (χ3v) is 4.50. The van der Waals surface area contributed by atoms with Gasteiger partial charge in [0.2, 0.25) is 10.0 Å². The van der Waals surface area contributed by atoms with Crippen LogP contribution in [-0.2, 0) is 16.6 Å².